The van der Waals surface area contributed by atoms with Crippen molar-refractivity contribution in [2.24, 2.45) is 0 Å². The second kappa shape index (κ2) is 3.56. The second-order valence-electron chi connectivity index (χ2n) is 4.25. The molecule has 15 heavy (non-hydrogen) atoms. The lowest BCUT2D eigenvalue weighted by Crippen LogP contribution is -2.26. The van der Waals surface area contributed by atoms with Gasteiger partial charge in [0.15, 0.2) is 9.84 Å². The van der Waals surface area contributed by atoms with Crippen LogP contribution in [0.2, 0.25) is 0 Å². The van der Waals surface area contributed by atoms with E-state index in [-0.39, 0.29) is 11.8 Å². The normalized spacial score (nSPS) is 25.3. The van der Waals surface area contributed by atoms with Crippen LogP contribution in [0.15, 0.2) is 12.4 Å². The highest BCUT2D eigenvalue weighted by atomic mass is 32.2. The van der Waals surface area contributed by atoms with Crippen molar-refractivity contribution in [2.45, 2.75) is 25.8 Å². The lowest BCUT2D eigenvalue weighted by atomic mass is 10.2. The van der Waals surface area contributed by atoms with Crippen LogP contribution in [0.3, 0.4) is 0 Å². The summed E-state index contributed by atoms with van der Waals surface area (Å²) >= 11 is 0. The lowest BCUT2D eigenvalue weighted by molar-refractivity contribution is 0.471. The van der Waals surface area contributed by atoms with Gasteiger partial charge in [-0.2, -0.15) is 0 Å². The van der Waals surface area contributed by atoms with E-state index in [0.717, 1.165) is 24.1 Å². The molecule has 1 atom stereocenters. The minimum absolute atomic E-state index is 0.0692. The number of anilines is 1. The number of hydrogen-bond acceptors (Lipinski definition) is 3. The molecule has 0 saturated carbocycles. The first-order valence-electron chi connectivity index (χ1n) is 5.12. The fourth-order valence-electron chi connectivity index (χ4n) is 2.04. The van der Waals surface area contributed by atoms with E-state index in [1.54, 1.807) is 0 Å². The van der Waals surface area contributed by atoms with Crippen molar-refractivity contribution >= 4 is 15.5 Å². The van der Waals surface area contributed by atoms with Crippen LogP contribution in [0.5, 0.6) is 0 Å². The molecule has 1 fully saturated rings. The largest absolute Gasteiger partial charge is 0.397 e. The Labute approximate surface area is 90.0 Å². The molecule has 1 unspecified atom stereocenters. The predicted octanol–water partition coefficient (Wildman–Crippen LogP) is 1.13. The number of aromatic nitrogens is 1. The van der Waals surface area contributed by atoms with E-state index in [2.05, 4.69) is 0 Å². The maximum absolute atomic E-state index is 11.5. The molecule has 1 aliphatic heterocycles. The molecule has 2 N–H and O–H groups in total. The number of rotatable bonds is 1. The van der Waals surface area contributed by atoms with Crippen LogP contribution in [0.4, 0.5) is 5.69 Å². The molecule has 1 aromatic heterocycles. The molecule has 1 aliphatic rings. The Morgan fingerprint density at radius 3 is 2.73 bits per heavy atom. The SMILES string of the molecule is Cc1cn(C2CCCS(=O)(=O)C2)cc1N. The number of aryl methyl sites for hydroxylation is 1. The first-order valence-corrected chi connectivity index (χ1v) is 6.94. The zero-order chi connectivity index (χ0) is 11.1. The molecule has 0 amide bonds. The number of nitrogens with zero attached hydrogens (tertiary/aromatic N) is 1. The number of nitrogen functional groups attached to an aromatic ring is 1. The van der Waals surface area contributed by atoms with Gasteiger partial charge in [-0.15, -0.1) is 0 Å². The van der Waals surface area contributed by atoms with E-state index in [1.807, 2.05) is 23.9 Å². The third kappa shape index (κ3) is 2.17. The first-order chi connectivity index (χ1) is 6.98. The van der Waals surface area contributed by atoms with Gasteiger partial charge in [-0.1, -0.05) is 0 Å². The Bertz CT molecular complexity index is 442. The van der Waals surface area contributed by atoms with E-state index in [9.17, 15) is 8.42 Å². The number of hydrogen-bond donors (Lipinski definition) is 1. The quantitative estimate of drug-likeness (QED) is 0.783. The van der Waals surface area contributed by atoms with Gasteiger partial charge in [-0.25, -0.2) is 8.42 Å². The van der Waals surface area contributed by atoms with Gasteiger partial charge in [-0.05, 0) is 25.3 Å². The molecule has 5 heteroatoms. The Kier molecular flexibility index (Phi) is 2.50. The molecule has 84 valence electrons. The molecule has 0 bridgehead atoms. The van der Waals surface area contributed by atoms with Crippen molar-refractivity contribution in [1.82, 2.24) is 4.57 Å². The zero-order valence-electron chi connectivity index (χ0n) is 8.81. The highest BCUT2D eigenvalue weighted by Crippen LogP contribution is 2.25. The summed E-state index contributed by atoms with van der Waals surface area (Å²) < 4.78 is 24.9. The molecule has 0 aliphatic carbocycles. The molecule has 0 radical (unpaired) electrons. The van der Waals surface area contributed by atoms with Crippen LogP contribution in [0.1, 0.15) is 24.4 Å². The highest BCUT2D eigenvalue weighted by molar-refractivity contribution is 7.91. The van der Waals surface area contributed by atoms with Gasteiger partial charge < -0.3 is 10.3 Å². The lowest BCUT2D eigenvalue weighted by Gasteiger charge is -2.23. The van der Waals surface area contributed by atoms with Crippen molar-refractivity contribution in [1.29, 1.82) is 0 Å². The average Bonchev–Trinajstić information content (AvgIpc) is 2.45. The molecular formula is C10H16N2O2S. The predicted molar refractivity (Wildman–Crippen MR) is 60.5 cm³/mol. The van der Waals surface area contributed by atoms with E-state index in [0.29, 0.717) is 5.75 Å². The summed E-state index contributed by atoms with van der Waals surface area (Å²) in [6.45, 7) is 1.93. The van der Waals surface area contributed by atoms with Crippen LogP contribution in [0.25, 0.3) is 0 Å². The van der Waals surface area contributed by atoms with Crippen LogP contribution < -0.4 is 5.73 Å². The Morgan fingerprint density at radius 2 is 2.20 bits per heavy atom. The van der Waals surface area contributed by atoms with Crippen molar-refractivity contribution in [3.8, 4) is 0 Å². The topological polar surface area (TPSA) is 65.1 Å². The van der Waals surface area contributed by atoms with Gasteiger partial charge in [0.25, 0.3) is 0 Å². The van der Waals surface area contributed by atoms with Gasteiger partial charge in [0, 0.05) is 18.4 Å². The molecular weight excluding hydrogens is 212 g/mol. The molecule has 1 aromatic rings. The fourth-order valence-corrected chi connectivity index (χ4v) is 3.74. The third-order valence-corrected chi connectivity index (χ3v) is 4.75. The van der Waals surface area contributed by atoms with Crippen LogP contribution >= 0.6 is 0 Å². The average molecular weight is 228 g/mol. The maximum Gasteiger partial charge on any atom is 0.152 e. The van der Waals surface area contributed by atoms with Gasteiger partial charge in [0.2, 0.25) is 0 Å². The molecule has 2 rings (SSSR count). The Morgan fingerprint density at radius 1 is 1.47 bits per heavy atom. The van der Waals surface area contributed by atoms with Crippen molar-refractivity contribution in [3.63, 3.8) is 0 Å². The third-order valence-electron chi connectivity index (χ3n) is 2.95. The summed E-state index contributed by atoms with van der Waals surface area (Å²) in [7, 11) is -2.85. The monoisotopic (exact) mass is 228 g/mol. The summed E-state index contributed by atoms with van der Waals surface area (Å²) in [6, 6.07) is 0.0692. The Balaban J connectivity index is 2.24. The van der Waals surface area contributed by atoms with Crippen LogP contribution in [0, 0.1) is 6.92 Å². The van der Waals surface area contributed by atoms with E-state index in [4.69, 9.17) is 5.73 Å². The fraction of sp³-hybridized carbons (Fsp3) is 0.600. The summed E-state index contributed by atoms with van der Waals surface area (Å²) in [4.78, 5) is 0. The molecule has 2 heterocycles. The molecule has 4 nitrogen and oxygen atoms in total. The van der Waals surface area contributed by atoms with Crippen molar-refractivity contribution in [2.75, 3.05) is 17.2 Å². The smallest absolute Gasteiger partial charge is 0.152 e. The second-order valence-corrected chi connectivity index (χ2v) is 6.48. The summed E-state index contributed by atoms with van der Waals surface area (Å²) in [6.07, 6.45) is 5.44. The minimum atomic E-state index is -2.85. The van der Waals surface area contributed by atoms with Crippen molar-refractivity contribution in [3.05, 3.63) is 18.0 Å². The van der Waals surface area contributed by atoms with E-state index in [1.165, 1.54) is 0 Å². The van der Waals surface area contributed by atoms with Gasteiger partial charge >= 0.3 is 0 Å². The standard InChI is InChI=1S/C10H16N2O2S/c1-8-5-12(6-10(8)11)9-3-2-4-15(13,14)7-9/h5-6,9H,2-4,7,11H2,1H3. The first kappa shape index (κ1) is 10.5. The van der Waals surface area contributed by atoms with Gasteiger partial charge in [0.1, 0.15) is 0 Å². The van der Waals surface area contributed by atoms with Crippen LogP contribution in [-0.4, -0.2) is 24.5 Å². The summed E-state index contributed by atoms with van der Waals surface area (Å²) in [5.41, 5.74) is 7.49. The molecule has 1 saturated heterocycles. The van der Waals surface area contributed by atoms with Crippen molar-refractivity contribution < 1.29 is 8.42 Å². The Hall–Kier alpha value is -0.970. The van der Waals surface area contributed by atoms with Crippen LogP contribution in [-0.2, 0) is 9.84 Å². The number of nitrogens with two attached hydrogens (primary N) is 1. The summed E-state index contributed by atoms with van der Waals surface area (Å²) in [5.74, 6) is 0.583. The molecule has 0 aromatic carbocycles. The molecule has 0 spiro atoms. The van der Waals surface area contributed by atoms with Gasteiger partial charge in [-0.3, -0.25) is 0 Å². The maximum atomic E-state index is 11.5. The summed E-state index contributed by atoms with van der Waals surface area (Å²) in [5, 5.41) is 0. The highest BCUT2D eigenvalue weighted by Gasteiger charge is 2.25. The van der Waals surface area contributed by atoms with Gasteiger partial charge in [0.05, 0.1) is 17.2 Å². The number of sulfone groups is 1. The van der Waals surface area contributed by atoms with E-state index < -0.39 is 9.84 Å². The minimum Gasteiger partial charge on any atom is -0.397 e. The van der Waals surface area contributed by atoms with E-state index >= 15 is 0 Å². The zero-order valence-corrected chi connectivity index (χ0v) is 9.63.